The van der Waals surface area contributed by atoms with Crippen molar-refractivity contribution in [2.24, 2.45) is 0 Å². The summed E-state index contributed by atoms with van der Waals surface area (Å²) in [5, 5.41) is 6.36. The summed E-state index contributed by atoms with van der Waals surface area (Å²) >= 11 is 0. The Hall–Kier alpha value is -2.47. The van der Waals surface area contributed by atoms with Crippen molar-refractivity contribution in [3.63, 3.8) is 0 Å². The van der Waals surface area contributed by atoms with Gasteiger partial charge in [-0.2, -0.15) is 0 Å². The van der Waals surface area contributed by atoms with E-state index in [0.717, 1.165) is 31.5 Å². The van der Waals surface area contributed by atoms with Crippen molar-refractivity contribution in [3.05, 3.63) is 42.7 Å². The van der Waals surface area contributed by atoms with Crippen molar-refractivity contribution in [1.29, 1.82) is 0 Å². The van der Waals surface area contributed by atoms with Crippen LogP contribution in [-0.2, 0) is 0 Å². The van der Waals surface area contributed by atoms with Crippen LogP contribution in [0.5, 0.6) is 0 Å². The third-order valence-electron chi connectivity index (χ3n) is 4.54. The molecule has 3 aliphatic heterocycles. The molecule has 3 fully saturated rings. The Bertz CT molecular complexity index is 680. The van der Waals surface area contributed by atoms with Crippen LogP contribution in [0.25, 0.3) is 11.4 Å². The highest BCUT2D eigenvalue weighted by Crippen LogP contribution is 2.23. The zero-order valence-corrected chi connectivity index (χ0v) is 12.8. The Morgan fingerprint density at radius 3 is 2.57 bits per heavy atom. The summed E-state index contributed by atoms with van der Waals surface area (Å²) in [7, 11) is 0. The molecule has 1 aromatic carbocycles. The van der Waals surface area contributed by atoms with E-state index in [1.807, 2.05) is 35.2 Å². The number of piperidine rings is 2. The number of anilines is 1. The summed E-state index contributed by atoms with van der Waals surface area (Å²) < 4.78 is 0. The van der Waals surface area contributed by atoms with Crippen LogP contribution < -0.4 is 10.6 Å². The fraction of sp³-hybridized carbons (Fsp3) is 0.353. The number of nitrogens with zero attached hydrogens (tertiary/aromatic N) is 3. The highest BCUT2D eigenvalue weighted by Gasteiger charge is 2.36. The molecule has 2 atom stereocenters. The van der Waals surface area contributed by atoms with Crippen molar-refractivity contribution in [3.8, 4) is 11.4 Å². The van der Waals surface area contributed by atoms with Crippen molar-refractivity contribution in [2.75, 3.05) is 18.4 Å². The van der Waals surface area contributed by atoms with Crippen LogP contribution in [-0.4, -0.2) is 46.1 Å². The SMILES string of the molecule is O=C(Nc1cnc(-c2ccccc2)nc1)N1CC2CCC1CN2. The fourth-order valence-electron chi connectivity index (χ4n) is 3.28. The number of piperazine rings is 1. The van der Waals surface area contributed by atoms with Crippen LogP contribution in [0, 0.1) is 0 Å². The molecule has 6 nitrogen and oxygen atoms in total. The van der Waals surface area contributed by atoms with Gasteiger partial charge in [-0.3, -0.25) is 0 Å². The lowest BCUT2D eigenvalue weighted by Gasteiger charge is -2.45. The van der Waals surface area contributed by atoms with Crippen LogP contribution in [0.4, 0.5) is 10.5 Å². The van der Waals surface area contributed by atoms with E-state index in [2.05, 4.69) is 20.6 Å². The molecule has 118 valence electrons. The van der Waals surface area contributed by atoms with Crippen molar-refractivity contribution < 1.29 is 4.79 Å². The maximum atomic E-state index is 12.4. The second-order valence-electron chi connectivity index (χ2n) is 6.08. The molecule has 1 aromatic heterocycles. The minimum absolute atomic E-state index is 0.0581. The number of hydrogen-bond donors (Lipinski definition) is 2. The lowest BCUT2D eigenvalue weighted by Crippen LogP contribution is -2.63. The van der Waals surface area contributed by atoms with E-state index in [9.17, 15) is 4.79 Å². The maximum absolute atomic E-state index is 12.4. The number of rotatable bonds is 2. The van der Waals surface area contributed by atoms with Gasteiger partial charge in [-0.1, -0.05) is 30.3 Å². The number of amides is 2. The van der Waals surface area contributed by atoms with Crippen molar-refractivity contribution in [1.82, 2.24) is 20.2 Å². The zero-order chi connectivity index (χ0) is 15.6. The largest absolute Gasteiger partial charge is 0.322 e. The molecule has 0 radical (unpaired) electrons. The molecule has 0 aliphatic carbocycles. The van der Waals surface area contributed by atoms with Crippen molar-refractivity contribution >= 4 is 11.7 Å². The first-order chi connectivity index (χ1) is 11.3. The number of hydrogen-bond acceptors (Lipinski definition) is 4. The van der Waals surface area contributed by atoms with Crippen LogP contribution in [0.1, 0.15) is 12.8 Å². The summed E-state index contributed by atoms with van der Waals surface area (Å²) in [5.74, 6) is 0.657. The van der Waals surface area contributed by atoms with E-state index in [-0.39, 0.29) is 6.03 Å². The molecular weight excluding hydrogens is 290 g/mol. The van der Waals surface area contributed by atoms with Crippen molar-refractivity contribution in [2.45, 2.75) is 24.9 Å². The average molecular weight is 309 g/mol. The van der Waals surface area contributed by atoms with Crippen LogP contribution in [0.15, 0.2) is 42.7 Å². The lowest BCUT2D eigenvalue weighted by atomic mass is 9.93. The number of benzene rings is 1. The molecule has 2 bridgehead atoms. The minimum atomic E-state index is -0.0581. The lowest BCUT2D eigenvalue weighted by molar-refractivity contribution is 0.106. The third-order valence-corrected chi connectivity index (χ3v) is 4.54. The molecule has 3 saturated heterocycles. The van der Waals surface area contributed by atoms with Gasteiger partial charge < -0.3 is 15.5 Å². The molecule has 5 rings (SSSR count). The van der Waals surface area contributed by atoms with Gasteiger partial charge in [0.2, 0.25) is 0 Å². The molecule has 2 amide bonds. The van der Waals surface area contributed by atoms with E-state index in [4.69, 9.17) is 0 Å². The number of carbonyl (C=O) groups excluding carboxylic acids is 1. The second-order valence-corrected chi connectivity index (χ2v) is 6.08. The first kappa shape index (κ1) is 14.1. The van der Waals surface area contributed by atoms with Crippen LogP contribution in [0.2, 0.25) is 0 Å². The molecule has 6 heteroatoms. The fourth-order valence-corrected chi connectivity index (χ4v) is 3.28. The van der Waals surface area contributed by atoms with Gasteiger partial charge in [-0.15, -0.1) is 0 Å². The molecule has 0 spiro atoms. The molecular formula is C17H19N5O. The molecule has 2 aromatic rings. The molecule has 4 heterocycles. The van der Waals surface area contributed by atoms with Gasteiger partial charge in [-0.05, 0) is 12.8 Å². The predicted octanol–water partition coefficient (Wildman–Crippen LogP) is 2.11. The summed E-state index contributed by atoms with van der Waals surface area (Å²) in [6, 6.07) is 10.5. The minimum Gasteiger partial charge on any atom is -0.319 e. The van der Waals surface area contributed by atoms with E-state index in [1.54, 1.807) is 12.4 Å². The van der Waals surface area contributed by atoms with E-state index < -0.39 is 0 Å². The Morgan fingerprint density at radius 1 is 1.17 bits per heavy atom. The van der Waals surface area contributed by atoms with Gasteiger partial charge in [0.05, 0.1) is 18.1 Å². The number of fused-ring (bicyclic) bond motifs is 3. The first-order valence-corrected chi connectivity index (χ1v) is 7.98. The Balaban J connectivity index is 1.44. The van der Waals surface area contributed by atoms with Crippen LogP contribution >= 0.6 is 0 Å². The molecule has 0 saturated carbocycles. The summed E-state index contributed by atoms with van der Waals surface area (Å²) in [4.78, 5) is 23.0. The van der Waals surface area contributed by atoms with E-state index in [0.29, 0.717) is 23.6 Å². The zero-order valence-electron chi connectivity index (χ0n) is 12.8. The van der Waals surface area contributed by atoms with Gasteiger partial charge in [0.15, 0.2) is 5.82 Å². The first-order valence-electron chi connectivity index (χ1n) is 7.98. The average Bonchev–Trinajstić information content (AvgIpc) is 2.64. The number of urea groups is 1. The topological polar surface area (TPSA) is 70.2 Å². The summed E-state index contributed by atoms with van der Waals surface area (Å²) in [6.45, 7) is 1.67. The van der Waals surface area contributed by atoms with Gasteiger partial charge in [0.1, 0.15) is 0 Å². The molecule has 3 aliphatic rings. The van der Waals surface area contributed by atoms with Gasteiger partial charge in [-0.25, -0.2) is 14.8 Å². The molecule has 2 unspecified atom stereocenters. The second kappa shape index (κ2) is 5.96. The standard InChI is InChI=1S/C17H19N5O/c23-17(22-11-13-6-7-15(22)10-18-13)21-14-8-19-16(20-9-14)12-4-2-1-3-5-12/h1-5,8-9,13,15,18H,6-7,10-11H2,(H,21,23). The van der Waals surface area contributed by atoms with E-state index >= 15 is 0 Å². The normalized spacial score (nSPS) is 22.9. The number of aromatic nitrogens is 2. The predicted molar refractivity (Wildman–Crippen MR) is 88.0 cm³/mol. The highest BCUT2D eigenvalue weighted by molar-refractivity contribution is 5.89. The van der Waals surface area contributed by atoms with Gasteiger partial charge >= 0.3 is 6.03 Å². The third kappa shape index (κ3) is 2.90. The summed E-state index contributed by atoms with van der Waals surface area (Å²) in [6.07, 6.45) is 5.55. The van der Waals surface area contributed by atoms with Gasteiger partial charge in [0, 0.05) is 30.7 Å². The Morgan fingerprint density at radius 2 is 1.96 bits per heavy atom. The number of nitrogens with one attached hydrogen (secondary N) is 2. The monoisotopic (exact) mass is 309 g/mol. The van der Waals surface area contributed by atoms with Gasteiger partial charge in [0.25, 0.3) is 0 Å². The van der Waals surface area contributed by atoms with Crippen LogP contribution in [0.3, 0.4) is 0 Å². The molecule has 2 N–H and O–H groups in total. The molecule has 23 heavy (non-hydrogen) atoms. The maximum Gasteiger partial charge on any atom is 0.322 e. The Kier molecular flexibility index (Phi) is 3.67. The quantitative estimate of drug-likeness (QED) is 0.891. The highest BCUT2D eigenvalue weighted by atomic mass is 16.2. The number of carbonyl (C=O) groups is 1. The Labute approximate surface area is 134 Å². The smallest absolute Gasteiger partial charge is 0.319 e. The summed E-state index contributed by atoms with van der Waals surface area (Å²) in [5.41, 5.74) is 1.59. The van der Waals surface area contributed by atoms with E-state index in [1.165, 1.54) is 0 Å².